The van der Waals surface area contributed by atoms with Crippen LogP contribution in [0.5, 0.6) is 0 Å². The lowest BCUT2D eigenvalue weighted by molar-refractivity contribution is 0.436. The summed E-state index contributed by atoms with van der Waals surface area (Å²) in [4.78, 5) is 2.55. The number of para-hydroxylation sites is 2. The Hall–Kier alpha value is -2.15. The number of hydrogen-bond donors (Lipinski definition) is 0. The first-order valence-corrected chi connectivity index (χ1v) is 10.7. The molecule has 0 saturated carbocycles. The van der Waals surface area contributed by atoms with Crippen molar-refractivity contribution in [2.75, 3.05) is 18.0 Å². The number of anilines is 2. The van der Waals surface area contributed by atoms with Gasteiger partial charge in [-0.05, 0) is 36.3 Å². The predicted molar refractivity (Wildman–Crippen MR) is 112 cm³/mol. The van der Waals surface area contributed by atoms with E-state index in [9.17, 15) is 0 Å². The smallest absolute Gasteiger partial charge is 0.0505 e. The van der Waals surface area contributed by atoms with Gasteiger partial charge in [0.15, 0.2) is 0 Å². The standard InChI is InChI=1S/C23H23N2P/c1-3-10-19(11-4-1)24-18-20-12-9-17-25(20)26(21-13-5-2-6-14-21)23-16-8-7-15-22(23)24/h1-8,10-11,13-16,20H,9,12,17-18H2/t20-,26?/m0/s1. The molecule has 0 N–H and O–H groups in total. The summed E-state index contributed by atoms with van der Waals surface area (Å²) >= 11 is 0. The van der Waals surface area contributed by atoms with E-state index in [0.29, 0.717) is 6.04 Å². The van der Waals surface area contributed by atoms with Crippen LogP contribution in [-0.4, -0.2) is 23.8 Å². The van der Waals surface area contributed by atoms with Crippen molar-refractivity contribution in [2.45, 2.75) is 18.9 Å². The average Bonchev–Trinajstić information content (AvgIpc) is 3.11. The first-order valence-electron chi connectivity index (χ1n) is 9.45. The highest BCUT2D eigenvalue weighted by Crippen LogP contribution is 2.49. The molecule has 1 unspecified atom stereocenters. The van der Waals surface area contributed by atoms with E-state index in [4.69, 9.17) is 0 Å². The second kappa shape index (κ2) is 6.87. The third kappa shape index (κ3) is 2.74. The fraction of sp³-hybridized carbons (Fsp3) is 0.217. The van der Waals surface area contributed by atoms with Crippen LogP contribution in [0, 0.1) is 0 Å². The highest BCUT2D eigenvalue weighted by atomic mass is 31.1. The van der Waals surface area contributed by atoms with Gasteiger partial charge >= 0.3 is 0 Å². The molecule has 2 nitrogen and oxygen atoms in total. The van der Waals surface area contributed by atoms with Gasteiger partial charge in [-0.1, -0.05) is 66.7 Å². The van der Waals surface area contributed by atoms with Crippen molar-refractivity contribution in [1.29, 1.82) is 0 Å². The largest absolute Gasteiger partial charge is 0.339 e. The van der Waals surface area contributed by atoms with Crippen LogP contribution in [-0.2, 0) is 0 Å². The summed E-state index contributed by atoms with van der Waals surface area (Å²) in [7, 11) is -0.475. The van der Waals surface area contributed by atoms with Crippen LogP contribution in [0.4, 0.5) is 11.4 Å². The Morgan fingerprint density at radius 2 is 1.46 bits per heavy atom. The summed E-state index contributed by atoms with van der Waals surface area (Å²) in [5, 5.41) is 2.96. The van der Waals surface area contributed by atoms with Crippen molar-refractivity contribution in [3.63, 3.8) is 0 Å². The number of rotatable bonds is 2. The molecule has 130 valence electrons. The van der Waals surface area contributed by atoms with Crippen LogP contribution < -0.4 is 15.5 Å². The molecule has 2 aliphatic rings. The topological polar surface area (TPSA) is 6.48 Å². The zero-order valence-corrected chi connectivity index (χ0v) is 15.7. The van der Waals surface area contributed by atoms with Crippen molar-refractivity contribution in [1.82, 2.24) is 4.67 Å². The Labute approximate surface area is 156 Å². The summed E-state index contributed by atoms with van der Waals surface area (Å²) in [6.07, 6.45) is 2.60. The molecule has 2 aliphatic heterocycles. The van der Waals surface area contributed by atoms with Gasteiger partial charge in [-0.2, -0.15) is 0 Å². The molecule has 3 aromatic rings. The molecule has 3 heteroatoms. The Morgan fingerprint density at radius 1 is 0.769 bits per heavy atom. The molecule has 2 heterocycles. The van der Waals surface area contributed by atoms with E-state index in [1.165, 1.54) is 41.4 Å². The quantitative estimate of drug-likeness (QED) is 0.615. The molecule has 3 aromatic carbocycles. The van der Waals surface area contributed by atoms with Crippen molar-refractivity contribution in [3.8, 4) is 0 Å². The number of fused-ring (bicyclic) bond motifs is 2. The monoisotopic (exact) mass is 358 g/mol. The van der Waals surface area contributed by atoms with Crippen molar-refractivity contribution in [3.05, 3.63) is 84.9 Å². The predicted octanol–water partition coefficient (Wildman–Crippen LogP) is 4.65. The summed E-state index contributed by atoms with van der Waals surface area (Å²) in [5.41, 5.74) is 2.68. The first kappa shape index (κ1) is 16.1. The van der Waals surface area contributed by atoms with E-state index in [0.717, 1.165) is 6.54 Å². The zero-order chi connectivity index (χ0) is 17.3. The third-order valence-corrected chi connectivity index (χ3v) is 8.13. The van der Waals surface area contributed by atoms with Crippen LogP contribution in [0.2, 0.25) is 0 Å². The molecule has 0 amide bonds. The van der Waals surface area contributed by atoms with Gasteiger partial charge in [0, 0.05) is 38.2 Å². The summed E-state index contributed by atoms with van der Waals surface area (Å²) in [5.74, 6) is 0. The molecule has 0 spiro atoms. The van der Waals surface area contributed by atoms with Crippen molar-refractivity contribution >= 4 is 30.1 Å². The van der Waals surface area contributed by atoms with Gasteiger partial charge in [-0.15, -0.1) is 0 Å². The van der Waals surface area contributed by atoms with Gasteiger partial charge < -0.3 is 4.90 Å². The zero-order valence-electron chi connectivity index (χ0n) is 14.8. The van der Waals surface area contributed by atoms with Crippen LogP contribution in [0.1, 0.15) is 12.8 Å². The van der Waals surface area contributed by atoms with Crippen molar-refractivity contribution in [2.24, 2.45) is 0 Å². The molecule has 5 rings (SSSR count). The molecule has 0 aliphatic carbocycles. The van der Waals surface area contributed by atoms with Crippen LogP contribution in [0.3, 0.4) is 0 Å². The van der Waals surface area contributed by atoms with Crippen LogP contribution in [0.25, 0.3) is 0 Å². The van der Waals surface area contributed by atoms with Gasteiger partial charge in [-0.25, -0.2) is 0 Å². The number of nitrogens with zero attached hydrogens (tertiary/aromatic N) is 2. The SMILES string of the molecule is c1ccc(N2C[C@@H]3CCCN3P(c3ccccc3)c3ccccc32)cc1. The Kier molecular flexibility index (Phi) is 4.24. The van der Waals surface area contributed by atoms with Gasteiger partial charge in [0.1, 0.15) is 0 Å². The minimum Gasteiger partial charge on any atom is -0.339 e. The highest BCUT2D eigenvalue weighted by Gasteiger charge is 2.38. The van der Waals surface area contributed by atoms with E-state index in [1.807, 2.05) is 0 Å². The molecule has 0 aromatic heterocycles. The number of benzene rings is 3. The van der Waals surface area contributed by atoms with E-state index in [-0.39, 0.29) is 0 Å². The van der Waals surface area contributed by atoms with Gasteiger partial charge in [-0.3, -0.25) is 4.67 Å². The van der Waals surface area contributed by atoms with Gasteiger partial charge in [0.05, 0.1) is 5.69 Å². The maximum atomic E-state index is 2.80. The molecular formula is C23H23N2P. The normalized spacial score (nSPS) is 22.5. The second-order valence-corrected chi connectivity index (χ2v) is 9.18. The van der Waals surface area contributed by atoms with Gasteiger partial charge in [0.2, 0.25) is 0 Å². The van der Waals surface area contributed by atoms with E-state index in [1.54, 1.807) is 0 Å². The molecular weight excluding hydrogens is 335 g/mol. The lowest BCUT2D eigenvalue weighted by Gasteiger charge is -2.31. The Bertz CT molecular complexity index is 881. The van der Waals surface area contributed by atoms with Gasteiger partial charge in [0.25, 0.3) is 0 Å². The molecule has 0 radical (unpaired) electrons. The maximum absolute atomic E-state index is 2.80. The lowest BCUT2D eigenvalue weighted by atomic mass is 10.1. The molecule has 2 atom stereocenters. The highest BCUT2D eigenvalue weighted by molar-refractivity contribution is 7.71. The van der Waals surface area contributed by atoms with E-state index in [2.05, 4.69) is 94.5 Å². The third-order valence-electron chi connectivity index (χ3n) is 5.47. The summed E-state index contributed by atoms with van der Waals surface area (Å²) in [6, 6.07) is 31.7. The second-order valence-electron chi connectivity index (χ2n) is 7.04. The average molecular weight is 358 g/mol. The minimum atomic E-state index is -0.475. The Morgan fingerprint density at radius 3 is 2.27 bits per heavy atom. The lowest BCUT2D eigenvalue weighted by Crippen LogP contribution is -2.35. The molecule has 1 fully saturated rings. The van der Waals surface area contributed by atoms with Crippen LogP contribution >= 0.6 is 8.07 Å². The van der Waals surface area contributed by atoms with E-state index < -0.39 is 8.07 Å². The summed E-state index contributed by atoms with van der Waals surface area (Å²) in [6.45, 7) is 2.29. The molecule has 0 bridgehead atoms. The Balaban J connectivity index is 1.70. The minimum absolute atomic E-state index is 0.475. The fourth-order valence-electron chi connectivity index (χ4n) is 4.30. The fourth-order valence-corrected chi connectivity index (χ4v) is 7.10. The summed E-state index contributed by atoms with van der Waals surface area (Å²) < 4.78 is 2.80. The molecule has 26 heavy (non-hydrogen) atoms. The maximum Gasteiger partial charge on any atom is 0.0505 e. The van der Waals surface area contributed by atoms with E-state index >= 15 is 0 Å². The van der Waals surface area contributed by atoms with Crippen LogP contribution in [0.15, 0.2) is 84.9 Å². The number of hydrogen-bond acceptors (Lipinski definition) is 2. The molecule has 1 saturated heterocycles. The first-order chi connectivity index (χ1) is 12.9. The van der Waals surface area contributed by atoms with Crippen molar-refractivity contribution < 1.29 is 0 Å².